The van der Waals surface area contributed by atoms with Gasteiger partial charge >= 0.3 is 0 Å². The van der Waals surface area contributed by atoms with Crippen molar-refractivity contribution in [2.45, 2.75) is 19.4 Å². The van der Waals surface area contributed by atoms with Crippen molar-refractivity contribution < 1.29 is 9.53 Å². The van der Waals surface area contributed by atoms with Crippen molar-refractivity contribution in [3.8, 4) is 0 Å². The van der Waals surface area contributed by atoms with Gasteiger partial charge in [-0.2, -0.15) is 0 Å². The molecule has 3 rings (SSSR count). The average molecular weight is 326 g/mol. The summed E-state index contributed by atoms with van der Waals surface area (Å²) in [5, 5.41) is 11.2. The van der Waals surface area contributed by atoms with Crippen LogP contribution in [0.2, 0.25) is 0 Å². The number of amides is 1. The lowest BCUT2D eigenvalue weighted by Crippen LogP contribution is -2.29. The zero-order valence-corrected chi connectivity index (χ0v) is 13.8. The number of anilines is 2. The summed E-state index contributed by atoms with van der Waals surface area (Å²) in [6, 6.07) is 13.8. The molecule has 2 aromatic rings. The summed E-state index contributed by atoms with van der Waals surface area (Å²) in [6.45, 7) is 2.04. The largest absolute Gasteiger partial charge is 0.381 e. The molecule has 0 unspecified atom stereocenters. The molecule has 0 saturated carbocycles. The molecule has 1 N–H and O–H groups in total. The van der Waals surface area contributed by atoms with E-state index in [1.54, 1.807) is 6.07 Å². The summed E-state index contributed by atoms with van der Waals surface area (Å²) in [5.74, 6) is 1.25. The van der Waals surface area contributed by atoms with Gasteiger partial charge in [0.05, 0.1) is 0 Å². The van der Waals surface area contributed by atoms with Crippen molar-refractivity contribution in [3.63, 3.8) is 0 Å². The molecule has 6 heteroatoms. The molecule has 0 radical (unpaired) electrons. The summed E-state index contributed by atoms with van der Waals surface area (Å²) >= 11 is 0. The number of benzene rings is 1. The van der Waals surface area contributed by atoms with E-state index in [1.807, 2.05) is 36.2 Å². The van der Waals surface area contributed by atoms with Crippen molar-refractivity contribution in [1.82, 2.24) is 10.2 Å². The van der Waals surface area contributed by atoms with Gasteiger partial charge < -0.3 is 15.0 Å². The minimum absolute atomic E-state index is 0.000908. The summed E-state index contributed by atoms with van der Waals surface area (Å²) in [6.07, 6.45) is 1.52. The van der Waals surface area contributed by atoms with Crippen molar-refractivity contribution in [1.29, 1.82) is 0 Å². The van der Waals surface area contributed by atoms with Gasteiger partial charge in [-0.05, 0) is 30.5 Å². The van der Waals surface area contributed by atoms with E-state index in [-0.39, 0.29) is 11.8 Å². The fraction of sp³-hybridized carbons (Fsp3) is 0.389. The van der Waals surface area contributed by atoms with E-state index >= 15 is 0 Å². The van der Waals surface area contributed by atoms with Crippen LogP contribution >= 0.6 is 0 Å². The smallest absolute Gasteiger partial charge is 0.228 e. The third-order valence-electron chi connectivity index (χ3n) is 4.15. The van der Waals surface area contributed by atoms with E-state index in [4.69, 9.17) is 4.74 Å². The second-order valence-corrected chi connectivity index (χ2v) is 5.99. The van der Waals surface area contributed by atoms with Crippen LogP contribution in [0.5, 0.6) is 0 Å². The van der Waals surface area contributed by atoms with Crippen molar-refractivity contribution >= 4 is 17.5 Å². The van der Waals surface area contributed by atoms with E-state index in [0.717, 1.165) is 25.2 Å². The van der Waals surface area contributed by atoms with Gasteiger partial charge in [0, 0.05) is 32.7 Å². The summed E-state index contributed by atoms with van der Waals surface area (Å²) < 4.78 is 5.28. The maximum atomic E-state index is 12.2. The number of hydrogen-bond acceptors (Lipinski definition) is 5. The lowest BCUT2D eigenvalue weighted by atomic mass is 9.99. The molecule has 1 fully saturated rings. The lowest BCUT2D eigenvalue weighted by Gasteiger charge is -2.21. The number of carbonyl (C=O) groups excluding carboxylic acids is 1. The van der Waals surface area contributed by atoms with Gasteiger partial charge in [0.2, 0.25) is 5.91 Å². The Bertz CT molecular complexity index is 654. The number of hydrogen-bond donors (Lipinski definition) is 1. The molecule has 2 heterocycles. The number of nitrogens with one attached hydrogen (secondary N) is 1. The first-order valence-electron chi connectivity index (χ1n) is 8.20. The zero-order chi connectivity index (χ0) is 16.8. The first kappa shape index (κ1) is 16.4. The Morgan fingerprint density at radius 2 is 1.92 bits per heavy atom. The highest BCUT2D eigenvalue weighted by Gasteiger charge is 2.21. The van der Waals surface area contributed by atoms with Crippen LogP contribution in [0, 0.1) is 5.92 Å². The monoisotopic (exact) mass is 326 g/mol. The number of carbonyl (C=O) groups is 1. The maximum absolute atomic E-state index is 12.2. The van der Waals surface area contributed by atoms with Crippen LogP contribution in [0.25, 0.3) is 0 Å². The highest BCUT2D eigenvalue weighted by atomic mass is 16.5. The first-order valence-corrected chi connectivity index (χ1v) is 8.20. The molecular formula is C18H22N4O2. The van der Waals surface area contributed by atoms with Gasteiger partial charge in [-0.3, -0.25) is 4.79 Å². The van der Waals surface area contributed by atoms with Gasteiger partial charge in [-0.15, -0.1) is 10.2 Å². The third kappa shape index (κ3) is 4.29. The minimum Gasteiger partial charge on any atom is -0.381 e. The van der Waals surface area contributed by atoms with Crippen LogP contribution in [-0.2, 0) is 16.1 Å². The van der Waals surface area contributed by atoms with Gasteiger partial charge in [0.25, 0.3) is 0 Å². The molecule has 126 valence electrons. The van der Waals surface area contributed by atoms with Crippen molar-refractivity contribution in [2.24, 2.45) is 5.92 Å². The van der Waals surface area contributed by atoms with Crippen LogP contribution < -0.4 is 10.2 Å². The van der Waals surface area contributed by atoms with Crippen molar-refractivity contribution in [3.05, 3.63) is 48.0 Å². The molecule has 0 spiro atoms. The first-order chi connectivity index (χ1) is 11.7. The molecule has 6 nitrogen and oxygen atoms in total. The Hall–Kier alpha value is -2.47. The number of rotatable bonds is 5. The van der Waals surface area contributed by atoms with Crippen LogP contribution in [0.3, 0.4) is 0 Å². The number of aromatic nitrogens is 2. The lowest BCUT2D eigenvalue weighted by molar-refractivity contribution is -0.122. The molecule has 0 bridgehead atoms. The Balaban J connectivity index is 1.57. The molecule has 1 aliphatic rings. The maximum Gasteiger partial charge on any atom is 0.228 e. The third-order valence-corrected chi connectivity index (χ3v) is 4.15. The van der Waals surface area contributed by atoms with Gasteiger partial charge in [-0.1, -0.05) is 30.3 Å². The molecular weight excluding hydrogens is 304 g/mol. The molecule has 1 aromatic carbocycles. The van der Waals surface area contributed by atoms with E-state index in [1.165, 1.54) is 5.56 Å². The molecule has 1 aromatic heterocycles. The van der Waals surface area contributed by atoms with E-state index in [0.29, 0.717) is 19.0 Å². The predicted molar refractivity (Wildman–Crippen MR) is 92.8 cm³/mol. The highest BCUT2D eigenvalue weighted by molar-refractivity contribution is 5.91. The van der Waals surface area contributed by atoms with Crippen molar-refractivity contribution in [2.75, 3.05) is 30.5 Å². The second-order valence-electron chi connectivity index (χ2n) is 5.99. The average Bonchev–Trinajstić information content (AvgIpc) is 2.64. The Morgan fingerprint density at radius 3 is 2.58 bits per heavy atom. The molecule has 0 aliphatic carbocycles. The predicted octanol–water partition coefficient (Wildman–Crippen LogP) is 2.48. The summed E-state index contributed by atoms with van der Waals surface area (Å²) in [5.41, 5.74) is 1.21. The Labute approximate surface area is 141 Å². The normalized spacial score (nSPS) is 15.0. The van der Waals surface area contributed by atoms with Gasteiger partial charge in [-0.25, -0.2) is 0 Å². The highest BCUT2D eigenvalue weighted by Crippen LogP contribution is 2.18. The summed E-state index contributed by atoms with van der Waals surface area (Å²) in [4.78, 5) is 14.2. The molecule has 24 heavy (non-hydrogen) atoms. The van der Waals surface area contributed by atoms with Gasteiger partial charge in [0.15, 0.2) is 11.6 Å². The SMILES string of the molecule is CN(Cc1ccccc1)c1ccc(NC(=O)C2CCOCC2)nn1. The quantitative estimate of drug-likeness (QED) is 0.914. The second kappa shape index (κ2) is 7.88. The van der Waals surface area contributed by atoms with E-state index < -0.39 is 0 Å². The zero-order valence-electron chi connectivity index (χ0n) is 13.8. The molecule has 1 saturated heterocycles. The van der Waals surface area contributed by atoms with Gasteiger partial charge in [0.1, 0.15) is 0 Å². The van der Waals surface area contributed by atoms with E-state index in [9.17, 15) is 4.79 Å². The van der Waals surface area contributed by atoms with Crippen LogP contribution in [0.1, 0.15) is 18.4 Å². The van der Waals surface area contributed by atoms with Crippen LogP contribution in [0.4, 0.5) is 11.6 Å². The molecule has 0 atom stereocenters. The fourth-order valence-corrected chi connectivity index (χ4v) is 2.72. The van der Waals surface area contributed by atoms with E-state index in [2.05, 4.69) is 27.6 Å². The number of ether oxygens (including phenoxy) is 1. The molecule has 1 amide bonds. The van der Waals surface area contributed by atoms with Crippen LogP contribution in [-0.4, -0.2) is 36.4 Å². The molecule has 1 aliphatic heterocycles. The topological polar surface area (TPSA) is 67.4 Å². The minimum atomic E-state index is -0.00186. The Kier molecular flexibility index (Phi) is 5.38. The Morgan fingerprint density at radius 1 is 1.17 bits per heavy atom. The van der Waals surface area contributed by atoms with Crippen LogP contribution in [0.15, 0.2) is 42.5 Å². The summed E-state index contributed by atoms with van der Waals surface area (Å²) in [7, 11) is 1.97. The number of nitrogens with zero attached hydrogens (tertiary/aromatic N) is 3. The fourth-order valence-electron chi connectivity index (χ4n) is 2.72. The standard InChI is InChI=1S/C18H22N4O2/c1-22(13-14-5-3-2-4-6-14)17-8-7-16(20-21-17)19-18(23)15-9-11-24-12-10-15/h2-8,15H,9-13H2,1H3,(H,19,20,23).